The summed E-state index contributed by atoms with van der Waals surface area (Å²) in [4.78, 5) is 14.7. The number of hydrogen-bond acceptors (Lipinski definition) is 4. The van der Waals surface area contributed by atoms with Gasteiger partial charge in [0, 0.05) is 6.54 Å². The van der Waals surface area contributed by atoms with Crippen LogP contribution in [-0.4, -0.2) is 19.1 Å². The molecule has 5 heteroatoms. The standard InChI is InChI=1S/C6H11N3O2/c1-5(2-7)3-9-11-4-6(8)10/h5,9H,3-4H2,1H3,(H2,8,10). The van der Waals surface area contributed by atoms with Gasteiger partial charge in [-0.25, -0.2) is 5.48 Å². The molecule has 0 aliphatic rings. The van der Waals surface area contributed by atoms with Gasteiger partial charge in [-0.3, -0.25) is 9.63 Å². The minimum absolute atomic E-state index is 0.136. The number of primary amides is 1. The Morgan fingerprint density at radius 3 is 3.00 bits per heavy atom. The van der Waals surface area contributed by atoms with E-state index in [0.29, 0.717) is 6.54 Å². The van der Waals surface area contributed by atoms with Gasteiger partial charge in [0.25, 0.3) is 0 Å². The van der Waals surface area contributed by atoms with Crippen LogP contribution in [0.1, 0.15) is 6.92 Å². The van der Waals surface area contributed by atoms with Gasteiger partial charge in [-0.05, 0) is 6.92 Å². The summed E-state index contributed by atoms with van der Waals surface area (Å²) in [6, 6.07) is 1.99. The lowest BCUT2D eigenvalue weighted by molar-refractivity contribution is -0.125. The molecule has 0 saturated heterocycles. The van der Waals surface area contributed by atoms with E-state index < -0.39 is 5.91 Å². The number of hydroxylamine groups is 1. The van der Waals surface area contributed by atoms with Crippen molar-refractivity contribution in [3.63, 3.8) is 0 Å². The highest BCUT2D eigenvalue weighted by Crippen LogP contribution is 1.86. The monoisotopic (exact) mass is 157 g/mol. The molecule has 0 aliphatic carbocycles. The first-order valence-corrected chi connectivity index (χ1v) is 3.19. The maximum absolute atomic E-state index is 10.1. The Morgan fingerprint density at radius 1 is 1.91 bits per heavy atom. The molecule has 0 radical (unpaired) electrons. The van der Waals surface area contributed by atoms with Crippen LogP contribution < -0.4 is 11.2 Å². The van der Waals surface area contributed by atoms with E-state index in [4.69, 9.17) is 11.0 Å². The summed E-state index contributed by atoms with van der Waals surface area (Å²) >= 11 is 0. The van der Waals surface area contributed by atoms with Gasteiger partial charge in [-0.2, -0.15) is 5.26 Å². The van der Waals surface area contributed by atoms with Gasteiger partial charge in [-0.1, -0.05) is 0 Å². The smallest absolute Gasteiger partial charge is 0.245 e. The van der Waals surface area contributed by atoms with Gasteiger partial charge in [0.15, 0.2) is 0 Å². The molecule has 3 N–H and O–H groups in total. The zero-order valence-corrected chi connectivity index (χ0v) is 6.33. The normalized spacial score (nSPS) is 12.0. The zero-order valence-electron chi connectivity index (χ0n) is 6.33. The highest BCUT2D eigenvalue weighted by atomic mass is 16.6. The van der Waals surface area contributed by atoms with E-state index in [-0.39, 0.29) is 12.5 Å². The number of nitriles is 1. The molecule has 0 aromatic rings. The lowest BCUT2D eigenvalue weighted by Gasteiger charge is -2.03. The summed E-state index contributed by atoms with van der Waals surface area (Å²) in [7, 11) is 0. The molecule has 0 rings (SSSR count). The second-order valence-corrected chi connectivity index (χ2v) is 2.13. The molecule has 0 spiro atoms. The van der Waals surface area contributed by atoms with Crippen molar-refractivity contribution in [3.8, 4) is 6.07 Å². The molecule has 5 nitrogen and oxygen atoms in total. The number of hydrogen-bond donors (Lipinski definition) is 2. The Bertz CT molecular complexity index is 164. The third-order valence-electron chi connectivity index (χ3n) is 0.926. The lowest BCUT2D eigenvalue weighted by Crippen LogP contribution is -2.27. The summed E-state index contributed by atoms with van der Waals surface area (Å²) in [6.45, 7) is 1.96. The molecule has 1 amide bonds. The van der Waals surface area contributed by atoms with Crippen molar-refractivity contribution < 1.29 is 9.63 Å². The van der Waals surface area contributed by atoms with Gasteiger partial charge in [-0.15, -0.1) is 0 Å². The number of nitrogens with zero attached hydrogens (tertiary/aromatic N) is 1. The predicted octanol–water partition coefficient (Wildman–Crippen LogP) is -0.847. The first-order valence-electron chi connectivity index (χ1n) is 3.19. The zero-order chi connectivity index (χ0) is 8.69. The van der Waals surface area contributed by atoms with Crippen molar-refractivity contribution in [1.29, 1.82) is 5.26 Å². The van der Waals surface area contributed by atoms with Gasteiger partial charge in [0.2, 0.25) is 5.91 Å². The summed E-state index contributed by atoms with van der Waals surface area (Å²) in [6.07, 6.45) is 0. The molecule has 0 saturated carbocycles. The van der Waals surface area contributed by atoms with Crippen molar-refractivity contribution in [2.24, 2.45) is 11.7 Å². The van der Waals surface area contributed by atoms with Crippen LogP contribution >= 0.6 is 0 Å². The van der Waals surface area contributed by atoms with E-state index in [0.717, 1.165) is 0 Å². The largest absolute Gasteiger partial charge is 0.368 e. The van der Waals surface area contributed by atoms with Crippen LogP contribution in [-0.2, 0) is 9.63 Å². The molecule has 1 unspecified atom stereocenters. The van der Waals surface area contributed by atoms with E-state index in [2.05, 4.69) is 10.3 Å². The van der Waals surface area contributed by atoms with Crippen LogP contribution in [0.2, 0.25) is 0 Å². The second kappa shape index (κ2) is 5.65. The van der Waals surface area contributed by atoms with Crippen LogP contribution in [0.15, 0.2) is 0 Å². The van der Waals surface area contributed by atoms with Gasteiger partial charge in [0.1, 0.15) is 6.61 Å². The van der Waals surface area contributed by atoms with Gasteiger partial charge in [0.05, 0.1) is 12.0 Å². The minimum Gasteiger partial charge on any atom is -0.368 e. The van der Waals surface area contributed by atoms with E-state index in [1.54, 1.807) is 6.92 Å². The molecule has 0 heterocycles. The molecule has 0 fully saturated rings. The summed E-state index contributed by atoms with van der Waals surface area (Å²) < 4.78 is 0. The lowest BCUT2D eigenvalue weighted by atomic mass is 10.2. The quantitative estimate of drug-likeness (QED) is 0.402. The predicted molar refractivity (Wildman–Crippen MR) is 37.9 cm³/mol. The Balaban J connectivity index is 3.16. The minimum atomic E-state index is -0.540. The van der Waals surface area contributed by atoms with E-state index in [1.165, 1.54) is 0 Å². The van der Waals surface area contributed by atoms with Crippen LogP contribution in [0.4, 0.5) is 0 Å². The maximum atomic E-state index is 10.1. The number of rotatable bonds is 5. The molecular formula is C6H11N3O2. The molecule has 0 bridgehead atoms. The fourth-order valence-corrected chi connectivity index (χ4v) is 0.352. The third kappa shape index (κ3) is 6.77. The van der Waals surface area contributed by atoms with Crippen molar-refractivity contribution in [2.45, 2.75) is 6.92 Å². The van der Waals surface area contributed by atoms with Crippen molar-refractivity contribution in [3.05, 3.63) is 0 Å². The molecule has 0 aliphatic heterocycles. The third-order valence-corrected chi connectivity index (χ3v) is 0.926. The summed E-state index contributed by atoms with van der Waals surface area (Å²) in [5.74, 6) is -0.676. The molecular weight excluding hydrogens is 146 g/mol. The second-order valence-electron chi connectivity index (χ2n) is 2.13. The highest BCUT2D eigenvalue weighted by Gasteiger charge is 1.98. The molecule has 0 aromatic heterocycles. The van der Waals surface area contributed by atoms with Crippen LogP contribution in [0, 0.1) is 17.2 Å². The fraction of sp³-hybridized carbons (Fsp3) is 0.667. The number of carbonyl (C=O) groups is 1. The van der Waals surface area contributed by atoms with E-state index in [9.17, 15) is 4.79 Å². The Morgan fingerprint density at radius 2 is 2.55 bits per heavy atom. The Kier molecular flexibility index (Phi) is 5.07. The number of nitrogens with two attached hydrogens (primary N) is 1. The number of nitrogens with one attached hydrogen (secondary N) is 1. The number of carbonyl (C=O) groups excluding carboxylic acids is 1. The molecule has 62 valence electrons. The average Bonchev–Trinajstić information content (AvgIpc) is 1.97. The first kappa shape index (κ1) is 9.88. The molecule has 11 heavy (non-hydrogen) atoms. The fourth-order valence-electron chi connectivity index (χ4n) is 0.352. The molecule has 0 aromatic carbocycles. The number of amides is 1. The van der Waals surface area contributed by atoms with Gasteiger partial charge < -0.3 is 5.73 Å². The Labute approximate surface area is 65.1 Å². The van der Waals surface area contributed by atoms with Crippen LogP contribution in [0.3, 0.4) is 0 Å². The summed E-state index contributed by atoms with van der Waals surface area (Å²) in [5, 5.41) is 8.31. The van der Waals surface area contributed by atoms with Crippen LogP contribution in [0.25, 0.3) is 0 Å². The first-order chi connectivity index (χ1) is 5.16. The summed E-state index contributed by atoms with van der Waals surface area (Å²) in [5.41, 5.74) is 7.22. The molecule has 1 atom stereocenters. The van der Waals surface area contributed by atoms with Crippen molar-refractivity contribution in [2.75, 3.05) is 13.2 Å². The van der Waals surface area contributed by atoms with Crippen molar-refractivity contribution >= 4 is 5.91 Å². The van der Waals surface area contributed by atoms with Crippen molar-refractivity contribution in [1.82, 2.24) is 5.48 Å². The Hall–Kier alpha value is -1.12. The van der Waals surface area contributed by atoms with Gasteiger partial charge >= 0.3 is 0 Å². The topological polar surface area (TPSA) is 88.1 Å². The van der Waals surface area contributed by atoms with E-state index in [1.807, 2.05) is 6.07 Å². The van der Waals surface area contributed by atoms with E-state index >= 15 is 0 Å². The maximum Gasteiger partial charge on any atom is 0.245 e. The SMILES string of the molecule is CC(C#N)CNOCC(N)=O. The van der Waals surface area contributed by atoms with Crippen LogP contribution in [0.5, 0.6) is 0 Å². The average molecular weight is 157 g/mol. The highest BCUT2D eigenvalue weighted by molar-refractivity contribution is 5.74.